The molecule has 1 aromatic carbocycles. The van der Waals surface area contributed by atoms with Gasteiger partial charge in [0.25, 0.3) is 5.91 Å². The van der Waals surface area contributed by atoms with Gasteiger partial charge in [0.15, 0.2) is 0 Å². The maximum absolute atomic E-state index is 11.9. The summed E-state index contributed by atoms with van der Waals surface area (Å²) in [5.74, 6) is 0.549. The molecule has 0 aliphatic carbocycles. The highest BCUT2D eigenvalue weighted by Crippen LogP contribution is 2.28. The topological polar surface area (TPSA) is 69.6 Å². The van der Waals surface area contributed by atoms with Gasteiger partial charge in [-0.25, -0.2) is 4.79 Å². The number of carbonyl (C=O) groups excluding carboxylic acids is 2. The normalized spacial score (nSPS) is 17.7. The first-order valence-corrected chi connectivity index (χ1v) is 6.95. The van der Waals surface area contributed by atoms with E-state index in [1.165, 1.54) is 16.7 Å². The fourth-order valence-electron chi connectivity index (χ4n) is 1.85. The summed E-state index contributed by atoms with van der Waals surface area (Å²) in [5.41, 5.74) is -0.823. The number of benzene rings is 1. The quantitative estimate of drug-likeness (QED) is 0.652. The van der Waals surface area contributed by atoms with Gasteiger partial charge in [0.05, 0.1) is 0 Å². The van der Waals surface area contributed by atoms with Crippen molar-refractivity contribution in [2.45, 2.75) is 24.3 Å². The van der Waals surface area contributed by atoms with Crippen molar-refractivity contribution in [1.29, 1.82) is 0 Å². The van der Waals surface area contributed by atoms with Crippen LogP contribution in [-0.2, 0) is 4.79 Å². The number of imide groups is 1. The molecule has 2 N–H and O–H groups in total. The Kier molecular flexibility index (Phi) is 3.71. The summed E-state index contributed by atoms with van der Waals surface area (Å²) in [5, 5.41) is 12.2. The number of hydrogen-bond acceptors (Lipinski definition) is 4. The van der Waals surface area contributed by atoms with Crippen molar-refractivity contribution in [3.8, 4) is 5.75 Å². The molecule has 0 saturated carbocycles. The number of nitrogens with one attached hydrogen (secondary N) is 1. The zero-order valence-electron chi connectivity index (χ0n) is 10.8. The van der Waals surface area contributed by atoms with Crippen LogP contribution in [0.1, 0.15) is 13.8 Å². The van der Waals surface area contributed by atoms with E-state index in [0.717, 1.165) is 4.90 Å². The fraction of sp³-hybridized carbons (Fsp3) is 0.385. The molecule has 0 unspecified atom stereocenters. The Bertz CT molecular complexity index is 516. The molecule has 102 valence electrons. The first-order valence-electron chi connectivity index (χ1n) is 5.97. The molecule has 3 amide bonds. The average molecular weight is 280 g/mol. The van der Waals surface area contributed by atoms with E-state index in [4.69, 9.17) is 0 Å². The van der Waals surface area contributed by atoms with Gasteiger partial charge >= 0.3 is 6.03 Å². The molecule has 1 aliphatic heterocycles. The van der Waals surface area contributed by atoms with Gasteiger partial charge in [-0.2, -0.15) is 0 Å². The van der Waals surface area contributed by atoms with E-state index in [-0.39, 0.29) is 17.7 Å². The monoisotopic (exact) mass is 280 g/mol. The predicted octanol–water partition coefficient (Wildman–Crippen LogP) is 1.81. The van der Waals surface area contributed by atoms with Crippen LogP contribution < -0.4 is 5.32 Å². The van der Waals surface area contributed by atoms with E-state index in [1.807, 2.05) is 6.07 Å². The van der Waals surface area contributed by atoms with E-state index >= 15 is 0 Å². The maximum Gasteiger partial charge on any atom is 0.325 e. The van der Waals surface area contributed by atoms with Gasteiger partial charge in [-0.3, -0.25) is 9.69 Å². The van der Waals surface area contributed by atoms with Crippen LogP contribution in [0.2, 0.25) is 0 Å². The Morgan fingerprint density at radius 3 is 2.58 bits per heavy atom. The molecule has 0 bridgehead atoms. The lowest BCUT2D eigenvalue weighted by Crippen LogP contribution is -2.40. The number of thioether (sulfide) groups is 1. The Labute approximate surface area is 116 Å². The van der Waals surface area contributed by atoms with Gasteiger partial charge in [-0.15, -0.1) is 11.8 Å². The minimum atomic E-state index is -0.823. The summed E-state index contributed by atoms with van der Waals surface area (Å²) in [6.07, 6.45) is 0. The number of hydrogen-bond donors (Lipinski definition) is 2. The van der Waals surface area contributed by atoms with E-state index in [1.54, 1.807) is 32.0 Å². The van der Waals surface area contributed by atoms with Crippen LogP contribution >= 0.6 is 11.8 Å². The number of rotatable bonds is 4. The lowest BCUT2D eigenvalue weighted by molar-refractivity contribution is -0.130. The van der Waals surface area contributed by atoms with Gasteiger partial charge < -0.3 is 10.4 Å². The molecule has 1 fully saturated rings. The number of nitrogens with zero attached hydrogens (tertiary/aromatic N) is 1. The predicted molar refractivity (Wildman–Crippen MR) is 73.2 cm³/mol. The van der Waals surface area contributed by atoms with Crippen LogP contribution in [0.4, 0.5) is 4.79 Å². The molecule has 6 heteroatoms. The zero-order valence-corrected chi connectivity index (χ0v) is 11.7. The summed E-state index contributed by atoms with van der Waals surface area (Å²) in [6, 6.07) is 6.64. The first kappa shape index (κ1) is 13.7. The highest BCUT2D eigenvalue weighted by atomic mass is 32.2. The second-order valence-electron chi connectivity index (χ2n) is 4.83. The van der Waals surface area contributed by atoms with Crippen LogP contribution in [0.5, 0.6) is 5.75 Å². The first-order chi connectivity index (χ1) is 8.92. The number of phenolic OH excluding ortho intramolecular Hbond substituents is 1. The van der Waals surface area contributed by atoms with Crippen LogP contribution in [0.3, 0.4) is 0 Å². The van der Waals surface area contributed by atoms with Crippen LogP contribution in [0.15, 0.2) is 29.2 Å². The summed E-state index contributed by atoms with van der Waals surface area (Å²) >= 11 is 1.41. The highest BCUT2D eigenvalue weighted by Gasteiger charge is 2.43. The van der Waals surface area contributed by atoms with Gasteiger partial charge in [-0.1, -0.05) is 12.1 Å². The van der Waals surface area contributed by atoms with Crippen LogP contribution in [0.25, 0.3) is 0 Å². The maximum atomic E-state index is 11.9. The van der Waals surface area contributed by atoms with E-state index in [0.29, 0.717) is 12.3 Å². The van der Waals surface area contributed by atoms with Crippen LogP contribution in [0, 0.1) is 0 Å². The van der Waals surface area contributed by atoms with E-state index in [9.17, 15) is 14.7 Å². The smallest absolute Gasteiger partial charge is 0.325 e. The van der Waals surface area contributed by atoms with Crippen molar-refractivity contribution in [1.82, 2.24) is 10.2 Å². The van der Waals surface area contributed by atoms with Crippen molar-refractivity contribution in [2.24, 2.45) is 0 Å². The minimum Gasteiger partial charge on any atom is -0.507 e. The third-order valence-corrected chi connectivity index (χ3v) is 3.93. The molecule has 1 aromatic rings. The van der Waals surface area contributed by atoms with Crippen molar-refractivity contribution in [2.75, 3.05) is 12.3 Å². The van der Waals surface area contributed by atoms with Crippen molar-refractivity contribution < 1.29 is 14.7 Å². The Morgan fingerprint density at radius 2 is 2.00 bits per heavy atom. The van der Waals surface area contributed by atoms with Gasteiger partial charge in [0, 0.05) is 17.2 Å². The molecule has 0 spiro atoms. The molecule has 2 rings (SSSR count). The molecule has 5 nitrogen and oxygen atoms in total. The number of carbonyl (C=O) groups is 2. The Hall–Kier alpha value is -1.69. The second kappa shape index (κ2) is 5.13. The second-order valence-corrected chi connectivity index (χ2v) is 5.96. The van der Waals surface area contributed by atoms with Gasteiger partial charge in [-0.05, 0) is 26.0 Å². The highest BCUT2D eigenvalue weighted by molar-refractivity contribution is 7.99. The standard InChI is InChI=1S/C13H16N2O3S/c1-13(2)11(17)15(12(18)14-13)7-8-19-10-6-4-3-5-9(10)16/h3-6,16H,7-8H2,1-2H3,(H,14,18). The third kappa shape index (κ3) is 2.84. The lowest BCUT2D eigenvalue weighted by Gasteiger charge is -2.15. The van der Waals surface area contributed by atoms with E-state index < -0.39 is 5.54 Å². The molecular weight excluding hydrogens is 264 g/mol. The molecule has 19 heavy (non-hydrogen) atoms. The minimum absolute atomic E-state index is 0.213. The molecule has 0 aromatic heterocycles. The summed E-state index contributed by atoms with van der Waals surface area (Å²) in [4.78, 5) is 25.5. The number of amides is 3. The lowest BCUT2D eigenvalue weighted by atomic mass is 10.1. The molecular formula is C13H16N2O3S. The molecule has 0 radical (unpaired) electrons. The third-order valence-electron chi connectivity index (χ3n) is 2.88. The number of para-hydroxylation sites is 1. The zero-order chi connectivity index (χ0) is 14.0. The van der Waals surface area contributed by atoms with Gasteiger partial charge in [0.1, 0.15) is 11.3 Å². The molecule has 0 atom stereocenters. The largest absolute Gasteiger partial charge is 0.507 e. The van der Waals surface area contributed by atoms with Gasteiger partial charge in [0.2, 0.25) is 0 Å². The fourth-order valence-corrected chi connectivity index (χ4v) is 2.73. The van der Waals surface area contributed by atoms with Crippen molar-refractivity contribution in [3.63, 3.8) is 0 Å². The number of urea groups is 1. The van der Waals surface area contributed by atoms with Crippen molar-refractivity contribution in [3.05, 3.63) is 24.3 Å². The number of aromatic hydroxyl groups is 1. The molecule has 1 heterocycles. The summed E-state index contributed by atoms with van der Waals surface area (Å²) in [7, 11) is 0. The molecule has 1 aliphatic rings. The Balaban J connectivity index is 1.92. The summed E-state index contributed by atoms with van der Waals surface area (Å²) < 4.78 is 0. The van der Waals surface area contributed by atoms with Crippen LogP contribution in [-0.4, -0.2) is 39.8 Å². The average Bonchev–Trinajstić information content (AvgIpc) is 2.53. The van der Waals surface area contributed by atoms with Crippen molar-refractivity contribution >= 4 is 23.7 Å². The SMILES string of the molecule is CC1(C)NC(=O)N(CCSc2ccccc2O)C1=O. The van der Waals surface area contributed by atoms with E-state index in [2.05, 4.69) is 5.32 Å². The summed E-state index contributed by atoms with van der Waals surface area (Å²) in [6.45, 7) is 3.69. The number of phenols is 1. The Morgan fingerprint density at radius 1 is 1.32 bits per heavy atom. The molecule has 1 saturated heterocycles.